The van der Waals surface area contributed by atoms with E-state index in [0.29, 0.717) is 12.8 Å². The maximum absolute atomic E-state index is 13.7. The Morgan fingerprint density at radius 2 is 0.967 bits per heavy atom. The van der Waals surface area contributed by atoms with E-state index in [0.717, 1.165) is 19.3 Å². The van der Waals surface area contributed by atoms with Crippen molar-refractivity contribution in [3.63, 3.8) is 0 Å². The molecule has 0 fully saturated rings. The maximum atomic E-state index is 13.7. The molecule has 0 aliphatic rings. The van der Waals surface area contributed by atoms with Gasteiger partial charge >= 0.3 is 35.8 Å². The minimum absolute atomic E-state index is 0.0955. The molecule has 0 amide bonds. The van der Waals surface area contributed by atoms with Gasteiger partial charge in [-0.1, -0.05) is 45.4 Å². The molecule has 0 saturated heterocycles. The molecule has 0 saturated carbocycles. The summed E-state index contributed by atoms with van der Waals surface area (Å²) in [6, 6.07) is 0. The van der Waals surface area contributed by atoms with Crippen molar-refractivity contribution in [2.75, 3.05) is 0 Å². The molecule has 0 aromatic heterocycles. The van der Waals surface area contributed by atoms with E-state index >= 15 is 0 Å². The molecular weight excluding hydrogens is 475 g/mol. The second-order valence-electron chi connectivity index (χ2n) is 6.86. The van der Waals surface area contributed by atoms with Gasteiger partial charge in [0.1, 0.15) is 0 Å². The van der Waals surface area contributed by atoms with Crippen LogP contribution in [0.25, 0.3) is 0 Å². The minimum Gasteiger partial charge on any atom is -0.200 e. The van der Waals surface area contributed by atoms with Gasteiger partial charge in [-0.05, 0) is 6.42 Å². The maximum Gasteiger partial charge on any atom is 0.460 e. The van der Waals surface area contributed by atoms with Gasteiger partial charge in [-0.2, -0.15) is 57.1 Å². The van der Waals surface area contributed by atoms with E-state index in [1.807, 2.05) is 6.92 Å². The Balaban J connectivity index is 5.41. The number of hydrogen-bond donors (Lipinski definition) is 0. The van der Waals surface area contributed by atoms with Gasteiger partial charge in [0.05, 0.1) is 0 Å². The first kappa shape index (κ1) is 29.4. The molecule has 0 aliphatic carbocycles. The van der Waals surface area contributed by atoms with E-state index in [9.17, 15) is 57.1 Å². The lowest BCUT2D eigenvalue weighted by Gasteiger charge is -2.40. The number of alkyl halides is 14. The number of hydrogen-bond acceptors (Lipinski definition) is 0. The molecule has 182 valence electrons. The van der Waals surface area contributed by atoms with Crippen LogP contribution >= 0.6 is 11.6 Å². The zero-order chi connectivity index (χ0) is 24.2. The average Bonchev–Trinajstić information content (AvgIpc) is 2.55. The third-order valence-electron chi connectivity index (χ3n) is 4.35. The molecule has 0 radical (unpaired) electrons. The minimum atomic E-state index is -7.87. The molecule has 30 heavy (non-hydrogen) atoms. The molecular formula is C16H20ClF13. The van der Waals surface area contributed by atoms with Crippen molar-refractivity contribution in [1.82, 2.24) is 0 Å². The van der Waals surface area contributed by atoms with Gasteiger partial charge in [0, 0.05) is 11.8 Å². The summed E-state index contributed by atoms with van der Waals surface area (Å²) in [5, 5.41) is -1.94. The van der Waals surface area contributed by atoms with Crippen molar-refractivity contribution in [3.05, 3.63) is 0 Å². The standard InChI is InChI=1S/C16H20ClF13/c1-2-3-4-5-6-7-8-10(17)9-11(18,19)12(20,21)13(22,23)14(24,25)15(26,27)16(28,29)30/h10H,2-9H2,1H3. The lowest BCUT2D eigenvalue weighted by Crippen LogP contribution is -2.70. The number of rotatable bonds is 13. The SMILES string of the molecule is CCCCCCCCC(Cl)CC(F)(F)C(F)(F)C(F)(F)C(F)(F)C(F)(F)C(F)(F)F. The molecule has 0 heterocycles. The van der Waals surface area contributed by atoms with Gasteiger partial charge in [0.15, 0.2) is 0 Å². The van der Waals surface area contributed by atoms with E-state index < -0.39 is 54.0 Å². The number of halogens is 14. The molecule has 0 N–H and O–H groups in total. The molecule has 0 bridgehead atoms. The molecule has 0 rings (SSSR count). The molecule has 14 heteroatoms. The summed E-state index contributed by atoms with van der Waals surface area (Å²) in [6.07, 6.45) is -6.51. The van der Waals surface area contributed by atoms with Crippen LogP contribution in [0.2, 0.25) is 0 Å². The molecule has 0 spiro atoms. The Morgan fingerprint density at radius 3 is 1.40 bits per heavy atom. The average molecular weight is 495 g/mol. The zero-order valence-corrected chi connectivity index (χ0v) is 16.3. The Kier molecular flexibility index (Phi) is 9.69. The highest BCUT2D eigenvalue weighted by Gasteiger charge is 2.90. The fourth-order valence-electron chi connectivity index (χ4n) is 2.46. The van der Waals surface area contributed by atoms with Crippen LogP contribution in [0.4, 0.5) is 57.1 Å². The van der Waals surface area contributed by atoms with E-state index in [4.69, 9.17) is 11.6 Å². The largest absolute Gasteiger partial charge is 0.460 e. The van der Waals surface area contributed by atoms with E-state index in [1.165, 1.54) is 0 Å². The molecule has 0 aliphatic heterocycles. The van der Waals surface area contributed by atoms with Gasteiger partial charge in [-0.3, -0.25) is 0 Å². The molecule has 1 unspecified atom stereocenters. The van der Waals surface area contributed by atoms with Crippen LogP contribution in [0.15, 0.2) is 0 Å². The zero-order valence-electron chi connectivity index (χ0n) is 15.5. The third-order valence-corrected chi connectivity index (χ3v) is 4.72. The summed E-state index contributed by atoms with van der Waals surface area (Å²) in [7, 11) is 0. The van der Waals surface area contributed by atoms with Crippen LogP contribution in [0.5, 0.6) is 0 Å². The summed E-state index contributed by atoms with van der Waals surface area (Å²) in [5.41, 5.74) is 0. The van der Waals surface area contributed by atoms with Crippen LogP contribution < -0.4 is 0 Å². The van der Waals surface area contributed by atoms with Crippen molar-refractivity contribution in [1.29, 1.82) is 0 Å². The highest BCUT2D eigenvalue weighted by molar-refractivity contribution is 6.20. The lowest BCUT2D eigenvalue weighted by molar-refractivity contribution is -0.440. The van der Waals surface area contributed by atoms with E-state index in [-0.39, 0.29) is 6.42 Å². The van der Waals surface area contributed by atoms with Gasteiger partial charge in [0.25, 0.3) is 0 Å². The summed E-state index contributed by atoms with van der Waals surface area (Å²) in [6.45, 7) is 1.90. The predicted molar refractivity (Wildman–Crippen MR) is 83.0 cm³/mol. The Morgan fingerprint density at radius 1 is 0.567 bits per heavy atom. The smallest absolute Gasteiger partial charge is 0.200 e. The first-order valence-corrected chi connectivity index (χ1v) is 9.24. The second kappa shape index (κ2) is 9.89. The second-order valence-corrected chi connectivity index (χ2v) is 7.47. The Bertz CT molecular complexity index is 528. The normalized spacial score (nSPS) is 16.1. The summed E-state index contributed by atoms with van der Waals surface area (Å²) in [5.74, 6) is -36.7. The van der Waals surface area contributed by atoms with Crippen molar-refractivity contribution < 1.29 is 57.1 Å². The van der Waals surface area contributed by atoms with Gasteiger partial charge in [0.2, 0.25) is 0 Å². The third kappa shape index (κ3) is 5.79. The van der Waals surface area contributed by atoms with Crippen LogP contribution in [-0.4, -0.2) is 41.2 Å². The Labute approximate surface area is 169 Å². The van der Waals surface area contributed by atoms with Crippen LogP contribution in [0.3, 0.4) is 0 Å². The van der Waals surface area contributed by atoms with Gasteiger partial charge in [-0.25, -0.2) is 0 Å². The van der Waals surface area contributed by atoms with Crippen molar-refractivity contribution in [2.24, 2.45) is 0 Å². The van der Waals surface area contributed by atoms with Crippen LogP contribution in [0.1, 0.15) is 58.3 Å². The van der Waals surface area contributed by atoms with Crippen LogP contribution in [-0.2, 0) is 0 Å². The topological polar surface area (TPSA) is 0 Å². The molecule has 0 aromatic rings. The Hall–Kier alpha value is -0.620. The van der Waals surface area contributed by atoms with Gasteiger partial charge in [-0.15, -0.1) is 11.6 Å². The summed E-state index contributed by atoms with van der Waals surface area (Å²) < 4.78 is 169. The fourth-order valence-corrected chi connectivity index (χ4v) is 2.80. The number of unbranched alkanes of at least 4 members (excludes halogenated alkanes) is 5. The van der Waals surface area contributed by atoms with Crippen molar-refractivity contribution in [2.45, 2.75) is 99.5 Å². The monoisotopic (exact) mass is 494 g/mol. The van der Waals surface area contributed by atoms with Crippen molar-refractivity contribution >= 4 is 11.6 Å². The van der Waals surface area contributed by atoms with E-state index in [1.54, 1.807) is 0 Å². The van der Waals surface area contributed by atoms with Crippen LogP contribution in [0, 0.1) is 0 Å². The first-order chi connectivity index (χ1) is 13.2. The summed E-state index contributed by atoms with van der Waals surface area (Å²) >= 11 is 5.36. The lowest BCUT2D eigenvalue weighted by atomic mass is 9.91. The van der Waals surface area contributed by atoms with E-state index in [2.05, 4.69) is 0 Å². The molecule has 0 aromatic carbocycles. The molecule has 0 nitrogen and oxygen atoms in total. The van der Waals surface area contributed by atoms with Gasteiger partial charge < -0.3 is 0 Å². The first-order valence-electron chi connectivity index (χ1n) is 8.80. The highest BCUT2D eigenvalue weighted by atomic mass is 35.5. The highest BCUT2D eigenvalue weighted by Crippen LogP contribution is 2.60. The fraction of sp³-hybridized carbons (Fsp3) is 1.00. The quantitative estimate of drug-likeness (QED) is 0.137. The van der Waals surface area contributed by atoms with Crippen molar-refractivity contribution in [3.8, 4) is 0 Å². The predicted octanol–water partition coefficient (Wildman–Crippen LogP) is 8.47. The molecule has 1 atom stereocenters. The summed E-state index contributed by atoms with van der Waals surface area (Å²) in [4.78, 5) is 0.